The fourth-order valence-electron chi connectivity index (χ4n) is 2.74. The number of hydrogen-bond acceptors (Lipinski definition) is 4. The number of likely N-dealkylation sites (N-methyl/N-ethyl adjacent to an activating group) is 1. The van der Waals surface area contributed by atoms with Crippen molar-refractivity contribution < 1.29 is 14.3 Å². The Morgan fingerprint density at radius 2 is 2.21 bits per heavy atom. The summed E-state index contributed by atoms with van der Waals surface area (Å²) >= 11 is 0. The number of benzene rings is 1. The summed E-state index contributed by atoms with van der Waals surface area (Å²) < 4.78 is 5.13. The fraction of sp³-hybridized carbons (Fsp3) is 0.529. The third-order valence-electron chi connectivity index (χ3n) is 4.03. The predicted octanol–water partition coefficient (Wildman–Crippen LogP) is 1.90. The zero-order valence-electron chi connectivity index (χ0n) is 14.2. The summed E-state index contributed by atoms with van der Waals surface area (Å²) in [6, 6.07) is 7.17. The molecule has 1 fully saturated rings. The zero-order valence-corrected chi connectivity index (χ0v) is 15.0. The first kappa shape index (κ1) is 20.3. The van der Waals surface area contributed by atoms with Crippen molar-refractivity contribution in [2.75, 3.05) is 38.6 Å². The summed E-state index contributed by atoms with van der Waals surface area (Å²) in [6.07, 6.45) is 1.89. The molecule has 1 aromatic carbocycles. The van der Waals surface area contributed by atoms with Crippen LogP contribution in [0.2, 0.25) is 0 Å². The summed E-state index contributed by atoms with van der Waals surface area (Å²) in [5, 5.41) is 6.05. The second-order valence-corrected chi connectivity index (χ2v) is 5.68. The Labute approximate surface area is 149 Å². The molecule has 134 valence electrons. The standard InChI is InChI=1S/C17H25N3O3.ClH/c1-3-20(17(22)13-6-5-9-18-11-13)12-16(21)19-14-7-4-8-15(10-14)23-2;/h4,7-8,10,13,18H,3,5-6,9,11-12H2,1-2H3,(H,19,21);1H. The number of hydrogen-bond donors (Lipinski definition) is 2. The molecule has 6 nitrogen and oxygen atoms in total. The maximum Gasteiger partial charge on any atom is 0.243 e. The molecule has 1 heterocycles. The molecule has 7 heteroatoms. The first-order chi connectivity index (χ1) is 11.1. The SMILES string of the molecule is CCN(CC(=O)Nc1cccc(OC)c1)C(=O)C1CCCNC1.Cl. The number of ether oxygens (including phenoxy) is 1. The van der Waals surface area contributed by atoms with Crippen molar-refractivity contribution >= 4 is 29.9 Å². The van der Waals surface area contributed by atoms with Crippen molar-refractivity contribution in [1.82, 2.24) is 10.2 Å². The Hall–Kier alpha value is -1.79. The van der Waals surface area contributed by atoms with Gasteiger partial charge < -0.3 is 20.3 Å². The molecule has 1 aromatic rings. The molecular weight excluding hydrogens is 330 g/mol. The number of piperidine rings is 1. The lowest BCUT2D eigenvalue weighted by Gasteiger charge is -2.28. The minimum absolute atomic E-state index is 0. The van der Waals surface area contributed by atoms with Crippen LogP contribution in [-0.2, 0) is 9.59 Å². The van der Waals surface area contributed by atoms with Gasteiger partial charge in [-0.1, -0.05) is 6.07 Å². The molecule has 1 aliphatic rings. The van der Waals surface area contributed by atoms with Gasteiger partial charge in [0.2, 0.25) is 11.8 Å². The largest absolute Gasteiger partial charge is 0.497 e. The van der Waals surface area contributed by atoms with Gasteiger partial charge in [-0.25, -0.2) is 0 Å². The number of carbonyl (C=O) groups excluding carboxylic acids is 2. The summed E-state index contributed by atoms with van der Waals surface area (Å²) in [7, 11) is 1.58. The lowest BCUT2D eigenvalue weighted by atomic mass is 9.98. The van der Waals surface area contributed by atoms with E-state index < -0.39 is 0 Å². The number of halogens is 1. The number of nitrogens with zero attached hydrogens (tertiary/aromatic N) is 1. The maximum atomic E-state index is 12.5. The zero-order chi connectivity index (χ0) is 16.7. The Kier molecular flexibility index (Phi) is 8.57. The molecule has 2 rings (SSSR count). The third-order valence-corrected chi connectivity index (χ3v) is 4.03. The van der Waals surface area contributed by atoms with Crippen molar-refractivity contribution in [3.8, 4) is 5.75 Å². The van der Waals surface area contributed by atoms with E-state index in [0.717, 1.165) is 19.4 Å². The summed E-state index contributed by atoms with van der Waals surface area (Å²) in [6.45, 7) is 4.16. The van der Waals surface area contributed by atoms with E-state index in [4.69, 9.17) is 4.74 Å². The van der Waals surface area contributed by atoms with Crippen LogP contribution in [0.15, 0.2) is 24.3 Å². The minimum atomic E-state index is -0.197. The smallest absolute Gasteiger partial charge is 0.243 e. The molecule has 1 saturated heterocycles. The van der Waals surface area contributed by atoms with Crippen LogP contribution in [0.5, 0.6) is 5.75 Å². The summed E-state index contributed by atoms with van der Waals surface area (Å²) in [5.74, 6) is 0.519. The van der Waals surface area contributed by atoms with Gasteiger partial charge in [0, 0.05) is 24.8 Å². The molecule has 1 unspecified atom stereocenters. The van der Waals surface area contributed by atoms with Crippen molar-refractivity contribution in [3.05, 3.63) is 24.3 Å². The topological polar surface area (TPSA) is 70.7 Å². The molecule has 0 saturated carbocycles. The van der Waals surface area contributed by atoms with Crippen LogP contribution in [0.1, 0.15) is 19.8 Å². The van der Waals surface area contributed by atoms with E-state index in [2.05, 4.69) is 10.6 Å². The molecular formula is C17H26ClN3O3. The van der Waals surface area contributed by atoms with E-state index in [1.807, 2.05) is 19.1 Å². The average molecular weight is 356 g/mol. The number of anilines is 1. The second-order valence-electron chi connectivity index (χ2n) is 5.68. The van der Waals surface area contributed by atoms with Crippen LogP contribution in [-0.4, -0.2) is 50.0 Å². The molecule has 2 amide bonds. The monoisotopic (exact) mass is 355 g/mol. The first-order valence-corrected chi connectivity index (χ1v) is 8.07. The Morgan fingerprint density at radius 1 is 1.42 bits per heavy atom. The van der Waals surface area contributed by atoms with Gasteiger partial charge in [-0.2, -0.15) is 0 Å². The fourth-order valence-corrected chi connectivity index (χ4v) is 2.74. The van der Waals surface area contributed by atoms with Gasteiger partial charge in [0.05, 0.1) is 19.6 Å². The molecule has 0 aromatic heterocycles. The van der Waals surface area contributed by atoms with Crippen LogP contribution in [0.25, 0.3) is 0 Å². The van der Waals surface area contributed by atoms with Gasteiger partial charge in [-0.3, -0.25) is 9.59 Å². The van der Waals surface area contributed by atoms with Gasteiger partial charge in [-0.05, 0) is 38.4 Å². The Morgan fingerprint density at radius 3 is 2.83 bits per heavy atom. The van der Waals surface area contributed by atoms with Crippen LogP contribution in [0.4, 0.5) is 5.69 Å². The quantitative estimate of drug-likeness (QED) is 0.817. The molecule has 0 bridgehead atoms. The van der Waals surface area contributed by atoms with Gasteiger partial charge in [-0.15, -0.1) is 12.4 Å². The van der Waals surface area contributed by atoms with Crippen LogP contribution < -0.4 is 15.4 Å². The maximum absolute atomic E-state index is 12.5. The minimum Gasteiger partial charge on any atom is -0.497 e. The number of methoxy groups -OCH3 is 1. The molecule has 0 spiro atoms. The highest BCUT2D eigenvalue weighted by Gasteiger charge is 2.26. The molecule has 0 radical (unpaired) electrons. The lowest BCUT2D eigenvalue weighted by molar-refractivity contribution is -0.138. The van der Waals surface area contributed by atoms with Crippen molar-refractivity contribution in [2.24, 2.45) is 5.92 Å². The summed E-state index contributed by atoms with van der Waals surface area (Å²) in [5.41, 5.74) is 0.664. The van der Waals surface area contributed by atoms with Crippen LogP contribution in [0, 0.1) is 5.92 Å². The lowest BCUT2D eigenvalue weighted by Crippen LogP contribution is -2.45. The molecule has 1 atom stereocenters. The Balaban J connectivity index is 0.00000288. The van der Waals surface area contributed by atoms with E-state index in [-0.39, 0.29) is 36.7 Å². The van der Waals surface area contributed by atoms with Gasteiger partial charge in [0.25, 0.3) is 0 Å². The summed E-state index contributed by atoms with van der Waals surface area (Å²) in [4.78, 5) is 26.3. The van der Waals surface area contributed by atoms with Gasteiger partial charge in [0.15, 0.2) is 0 Å². The Bertz CT molecular complexity index is 548. The van der Waals surface area contributed by atoms with Gasteiger partial charge in [0.1, 0.15) is 5.75 Å². The van der Waals surface area contributed by atoms with E-state index >= 15 is 0 Å². The number of rotatable bonds is 6. The van der Waals surface area contributed by atoms with E-state index in [1.165, 1.54) is 0 Å². The highest BCUT2D eigenvalue weighted by atomic mass is 35.5. The number of nitrogens with one attached hydrogen (secondary N) is 2. The number of carbonyl (C=O) groups is 2. The van der Waals surface area contributed by atoms with Crippen LogP contribution >= 0.6 is 12.4 Å². The molecule has 24 heavy (non-hydrogen) atoms. The molecule has 0 aliphatic carbocycles. The van der Waals surface area contributed by atoms with Gasteiger partial charge >= 0.3 is 0 Å². The van der Waals surface area contributed by atoms with E-state index in [9.17, 15) is 9.59 Å². The number of amides is 2. The van der Waals surface area contributed by atoms with Crippen molar-refractivity contribution in [3.63, 3.8) is 0 Å². The molecule has 1 aliphatic heterocycles. The highest BCUT2D eigenvalue weighted by Crippen LogP contribution is 2.17. The second kappa shape index (κ2) is 10.2. The normalized spacial score (nSPS) is 16.7. The van der Waals surface area contributed by atoms with Crippen LogP contribution in [0.3, 0.4) is 0 Å². The van der Waals surface area contributed by atoms with Crippen molar-refractivity contribution in [2.45, 2.75) is 19.8 Å². The van der Waals surface area contributed by atoms with E-state index in [0.29, 0.717) is 24.5 Å². The van der Waals surface area contributed by atoms with Crippen molar-refractivity contribution in [1.29, 1.82) is 0 Å². The molecule has 2 N–H and O–H groups in total. The first-order valence-electron chi connectivity index (χ1n) is 8.07. The highest BCUT2D eigenvalue weighted by molar-refractivity contribution is 5.95. The predicted molar refractivity (Wildman–Crippen MR) is 96.7 cm³/mol. The third kappa shape index (κ3) is 5.69. The van der Waals surface area contributed by atoms with E-state index in [1.54, 1.807) is 24.1 Å². The average Bonchev–Trinajstić information content (AvgIpc) is 2.60.